The molecule has 0 spiro atoms. The van der Waals surface area contributed by atoms with Crippen LogP contribution in [0.25, 0.3) is 0 Å². The number of nitrogens with zero attached hydrogens (tertiary/aromatic N) is 2. The molecule has 3 aliphatic rings. The SMILES string of the molecule is COc1cc2cc(c1Cl)N(C)C(=O)C[C@H](OC(=O)[C@@H](C)N(C)C(=O)CCC(C)(C)S)[C@]1(C)O[C@H]1[C@H](C)[C@@H]1C[C@@](O)(NC(=O)O1)[C@H](OC)/C=C/C=C(\C)C2. The molecule has 294 valence electrons. The van der Waals surface area contributed by atoms with E-state index in [4.69, 9.17) is 35.3 Å². The molecule has 1 aromatic carbocycles. The summed E-state index contributed by atoms with van der Waals surface area (Å²) in [5, 5.41) is 14.5. The van der Waals surface area contributed by atoms with Gasteiger partial charge in [0.05, 0.1) is 25.3 Å². The highest BCUT2D eigenvalue weighted by Crippen LogP contribution is 2.49. The van der Waals surface area contributed by atoms with Gasteiger partial charge in [-0.3, -0.25) is 14.9 Å². The number of rotatable bonds is 8. The van der Waals surface area contributed by atoms with Gasteiger partial charge in [-0.25, -0.2) is 9.59 Å². The van der Waals surface area contributed by atoms with Crippen LogP contribution in [0.5, 0.6) is 5.75 Å². The number of alkyl carbamates (subject to hydrolysis) is 1. The number of benzene rings is 1. The summed E-state index contributed by atoms with van der Waals surface area (Å²) in [6.45, 7) is 10.8. The predicted molar refractivity (Wildman–Crippen MR) is 203 cm³/mol. The molecule has 0 radical (unpaired) electrons. The Morgan fingerprint density at radius 2 is 1.94 bits per heavy atom. The van der Waals surface area contributed by atoms with E-state index in [1.165, 1.54) is 31.1 Å². The second-order valence-electron chi connectivity index (χ2n) is 15.2. The van der Waals surface area contributed by atoms with E-state index in [-0.39, 0.29) is 34.9 Å². The topological polar surface area (TPSA) is 156 Å². The second kappa shape index (κ2) is 16.6. The van der Waals surface area contributed by atoms with Crippen molar-refractivity contribution in [2.75, 3.05) is 33.2 Å². The average molecular weight is 780 g/mol. The highest BCUT2D eigenvalue weighted by Gasteiger charge is 2.64. The Morgan fingerprint density at radius 3 is 2.57 bits per heavy atom. The number of carbonyl (C=O) groups is 4. The molecule has 0 saturated carbocycles. The minimum atomic E-state index is -1.83. The minimum Gasteiger partial charge on any atom is -0.495 e. The zero-order valence-electron chi connectivity index (χ0n) is 32.2. The standard InChI is InChI=1S/C38H54ClN3O10S/c1-21-12-11-13-28(49-10)38(47)20-27(50-35(46)40-38)22(2)33-37(6,52-33)29(51-34(45)23(3)41(7)30(43)14-15-36(4,5)53)19-31(44)42(8)25-17-24(16-21)18-26(48-9)32(25)39/h11-13,17-18,22-23,27-29,33,47,53H,14-16,19-20H2,1-10H3,(H,40,46)/b13-11+,21-12+/t22-,23-,27+,28-,29+,33+,37+,38+/m1/s1. The van der Waals surface area contributed by atoms with Gasteiger partial charge in [0.2, 0.25) is 11.8 Å². The predicted octanol–water partition coefficient (Wildman–Crippen LogP) is 5.00. The number of fused-ring (bicyclic) bond motifs is 5. The normalized spacial score (nSPS) is 31.5. The Labute approximate surface area is 322 Å². The third-order valence-corrected chi connectivity index (χ3v) is 11.1. The number of anilines is 1. The lowest BCUT2D eigenvalue weighted by Gasteiger charge is -2.42. The molecule has 3 aliphatic heterocycles. The molecule has 4 rings (SSSR count). The Morgan fingerprint density at radius 1 is 1.26 bits per heavy atom. The lowest BCUT2D eigenvalue weighted by atomic mass is 9.83. The van der Waals surface area contributed by atoms with Crippen LogP contribution in [0.3, 0.4) is 0 Å². The van der Waals surface area contributed by atoms with E-state index >= 15 is 0 Å². The number of likely N-dealkylation sites (N-methyl/N-ethyl adjacent to an activating group) is 1. The Balaban J connectivity index is 1.74. The van der Waals surface area contributed by atoms with Gasteiger partial charge in [-0.2, -0.15) is 12.6 Å². The van der Waals surface area contributed by atoms with Crippen molar-refractivity contribution in [3.05, 3.63) is 46.5 Å². The van der Waals surface area contributed by atoms with Crippen molar-refractivity contribution in [1.29, 1.82) is 0 Å². The molecule has 3 heterocycles. The molecule has 8 atom stereocenters. The fraction of sp³-hybridized carbons (Fsp3) is 0.632. The first-order valence-electron chi connectivity index (χ1n) is 17.7. The number of ether oxygens (including phenoxy) is 5. The number of epoxide rings is 1. The molecular weight excluding hydrogens is 726 g/mol. The van der Waals surface area contributed by atoms with Crippen LogP contribution in [-0.4, -0.2) is 109 Å². The smallest absolute Gasteiger partial charge is 0.409 e. The molecule has 4 bridgehead atoms. The summed E-state index contributed by atoms with van der Waals surface area (Å²) >= 11 is 11.3. The van der Waals surface area contributed by atoms with Crippen LogP contribution in [0.15, 0.2) is 35.9 Å². The molecule has 1 aromatic rings. The van der Waals surface area contributed by atoms with Crippen LogP contribution in [0.1, 0.15) is 72.8 Å². The molecule has 2 N–H and O–H groups in total. The largest absolute Gasteiger partial charge is 0.495 e. The Kier molecular flexibility index (Phi) is 13.3. The van der Waals surface area contributed by atoms with Gasteiger partial charge < -0.3 is 38.6 Å². The number of halogens is 1. The number of methoxy groups -OCH3 is 2. The summed E-state index contributed by atoms with van der Waals surface area (Å²) in [5.41, 5.74) is -0.916. The van der Waals surface area contributed by atoms with Crippen molar-refractivity contribution < 1.29 is 48.0 Å². The number of carbonyl (C=O) groups excluding carboxylic acids is 4. The quantitative estimate of drug-likeness (QED) is 0.187. The van der Waals surface area contributed by atoms with E-state index in [1.807, 2.05) is 26.8 Å². The van der Waals surface area contributed by atoms with E-state index in [1.54, 1.807) is 52.1 Å². The highest BCUT2D eigenvalue weighted by atomic mass is 35.5. The van der Waals surface area contributed by atoms with Gasteiger partial charge in [-0.05, 0) is 51.3 Å². The lowest BCUT2D eigenvalue weighted by Crippen LogP contribution is -2.63. The van der Waals surface area contributed by atoms with E-state index in [2.05, 4.69) is 17.9 Å². The number of nitrogens with one attached hydrogen (secondary N) is 1. The van der Waals surface area contributed by atoms with E-state index in [0.29, 0.717) is 24.3 Å². The van der Waals surface area contributed by atoms with Crippen LogP contribution in [0, 0.1) is 5.92 Å². The van der Waals surface area contributed by atoms with Gasteiger partial charge in [0, 0.05) is 44.7 Å². The zero-order chi connectivity index (χ0) is 39.6. The van der Waals surface area contributed by atoms with E-state index in [0.717, 1.165) is 11.1 Å². The number of esters is 1. The number of hydrogen-bond acceptors (Lipinski definition) is 11. The number of amides is 3. The number of thiol groups is 1. The van der Waals surface area contributed by atoms with E-state index in [9.17, 15) is 24.3 Å². The van der Waals surface area contributed by atoms with Crippen molar-refractivity contribution in [3.8, 4) is 5.75 Å². The van der Waals surface area contributed by atoms with Crippen LogP contribution >= 0.6 is 24.2 Å². The fourth-order valence-electron chi connectivity index (χ4n) is 6.81. The molecule has 0 unspecified atom stereocenters. The molecule has 2 fully saturated rings. The van der Waals surface area contributed by atoms with Gasteiger partial charge in [-0.1, -0.05) is 56.2 Å². The maximum atomic E-state index is 14.1. The molecular formula is C38H54ClN3O10S. The summed E-state index contributed by atoms with van der Waals surface area (Å²) in [6, 6.07) is 2.60. The fourth-order valence-corrected chi connectivity index (χ4v) is 7.23. The van der Waals surface area contributed by atoms with Crippen LogP contribution in [0.4, 0.5) is 10.5 Å². The molecule has 2 saturated heterocycles. The Hall–Kier alpha value is -3.30. The third-order valence-electron chi connectivity index (χ3n) is 10.5. The average Bonchev–Trinajstić information content (AvgIpc) is 3.78. The second-order valence-corrected chi connectivity index (χ2v) is 16.8. The van der Waals surface area contributed by atoms with Crippen molar-refractivity contribution in [3.63, 3.8) is 0 Å². The first-order chi connectivity index (χ1) is 24.6. The number of allylic oxidation sites excluding steroid dienone is 3. The van der Waals surface area contributed by atoms with Gasteiger partial charge in [0.25, 0.3) is 0 Å². The minimum absolute atomic E-state index is 0.0509. The van der Waals surface area contributed by atoms with Crippen molar-refractivity contribution in [2.45, 2.75) is 120 Å². The lowest BCUT2D eigenvalue weighted by molar-refractivity contribution is -0.162. The maximum Gasteiger partial charge on any atom is 0.409 e. The van der Waals surface area contributed by atoms with Crippen LogP contribution < -0.4 is 15.0 Å². The number of aliphatic hydroxyl groups is 1. The molecule has 0 aromatic heterocycles. The molecule has 15 heteroatoms. The molecule has 13 nitrogen and oxygen atoms in total. The first-order valence-corrected chi connectivity index (χ1v) is 18.5. The van der Waals surface area contributed by atoms with Crippen molar-refractivity contribution in [1.82, 2.24) is 10.2 Å². The van der Waals surface area contributed by atoms with Crippen molar-refractivity contribution in [2.24, 2.45) is 5.92 Å². The summed E-state index contributed by atoms with van der Waals surface area (Å²) in [7, 11) is 6.02. The van der Waals surface area contributed by atoms with Crippen LogP contribution in [0.2, 0.25) is 5.02 Å². The van der Waals surface area contributed by atoms with Crippen LogP contribution in [-0.2, 0) is 39.8 Å². The van der Waals surface area contributed by atoms with Gasteiger partial charge in [-0.15, -0.1) is 0 Å². The number of hydrogen-bond donors (Lipinski definition) is 3. The monoisotopic (exact) mass is 779 g/mol. The third kappa shape index (κ3) is 9.88. The first kappa shape index (κ1) is 42.4. The maximum absolute atomic E-state index is 14.1. The van der Waals surface area contributed by atoms with Gasteiger partial charge >= 0.3 is 12.1 Å². The van der Waals surface area contributed by atoms with E-state index < -0.39 is 65.7 Å². The highest BCUT2D eigenvalue weighted by molar-refractivity contribution is 7.81. The summed E-state index contributed by atoms with van der Waals surface area (Å²) in [4.78, 5) is 56.5. The summed E-state index contributed by atoms with van der Waals surface area (Å²) in [5.74, 6) is -1.58. The summed E-state index contributed by atoms with van der Waals surface area (Å²) < 4.78 is 28.8. The van der Waals surface area contributed by atoms with Gasteiger partial charge in [0.1, 0.15) is 40.7 Å². The van der Waals surface area contributed by atoms with Crippen molar-refractivity contribution >= 4 is 53.8 Å². The summed E-state index contributed by atoms with van der Waals surface area (Å²) in [6.07, 6.45) is 1.61. The molecule has 0 aliphatic carbocycles. The van der Waals surface area contributed by atoms with Gasteiger partial charge in [0.15, 0.2) is 5.72 Å². The zero-order valence-corrected chi connectivity index (χ0v) is 33.9. The molecule has 3 amide bonds. The molecule has 53 heavy (non-hydrogen) atoms. The Bertz CT molecular complexity index is 1630.